The lowest BCUT2D eigenvalue weighted by Gasteiger charge is -2.19. The van der Waals surface area contributed by atoms with Gasteiger partial charge in [-0.15, -0.1) is 0 Å². The quantitative estimate of drug-likeness (QED) is 0.139. The summed E-state index contributed by atoms with van der Waals surface area (Å²) in [4.78, 5) is 34.0. The van der Waals surface area contributed by atoms with Gasteiger partial charge in [0, 0.05) is 28.8 Å². The average molecular weight is 588 g/mol. The van der Waals surface area contributed by atoms with Crippen molar-refractivity contribution in [1.29, 1.82) is 0 Å². The minimum Gasteiger partial charge on any atom is -0.494 e. The van der Waals surface area contributed by atoms with E-state index in [0.717, 1.165) is 18.4 Å². The van der Waals surface area contributed by atoms with E-state index in [1.165, 1.54) is 38.0 Å². The third-order valence-electron chi connectivity index (χ3n) is 6.77. The average Bonchev–Trinajstić information content (AvgIpc) is 3.42. The number of nitrogens with one attached hydrogen (secondary N) is 2. The molecule has 4 aromatic rings. The molecule has 2 N–H and O–H groups in total. The second kappa shape index (κ2) is 13.8. The number of methoxy groups -OCH3 is 2. The van der Waals surface area contributed by atoms with E-state index >= 15 is 0 Å². The fourth-order valence-electron chi connectivity index (χ4n) is 4.66. The highest BCUT2D eigenvalue weighted by Crippen LogP contribution is 2.34. The number of aromatic nitrogens is 2. The molecule has 3 aromatic carbocycles. The van der Waals surface area contributed by atoms with Crippen LogP contribution in [0, 0.1) is 5.82 Å². The number of ether oxygens (including phenoxy) is 2. The van der Waals surface area contributed by atoms with Crippen molar-refractivity contribution in [2.24, 2.45) is 0 Å². The van der Waals surface area contributed by atoms with Crippen LogP contribution in [0.15, 0.2) is 84.9 Å². The van der Waals surface area contributed by atoms with Gasteiger partial charge in [0.15, 0.2) is 11.6 Å². The van der Waals surface area contributed by atoms with Crippen molar-refractivity contribution >= 4 is 45.7 Å². The van der Waals surface area contributed by atoms with Crippen molar-refractivity contribution < 1.29 is 23.5 Å². The van der Waals surface area contributed by atoms with E-state index in [1.807, 2.05) is 30.3 Å². The topological polar surface area (TPSA) is 93.3 Å². The first-order valence-electron chi connectivity index (χ1n) is 13.3. The van der Waals surface area contributed by atoms with Crippen LogP contribution in [0.3, 0.4) is 0 Å². The van der Waals surface area contributed by atoms with Crippen LogP contribution in [0.4, 0.5) is 4.39 Å². The normalized spacial score (nSPS) is 12.4. The van der Waals surface area contributed by atoms with E-state index in [-0.39, 0.29) is 23.3 Å². The molecule has 1 amide bonds. The van der Waals surface area contributed by atoms with Crippen molar-refractivity contribution in [1.82, 2.24) is 15.3 Å². The number of hydrogen-bond donors (Lipinski definition) is 2. The molecule has 0 radical (unpaired) electrons. The Bertz CT molecular complexity index is 1680. The van der Waals surface area contributed by atoms with Crippen LogP contribution in [-0.2, 0) is 4.74 Å². The summed E-state index contributed by atoms with van der Waals surface area (Å²) in [6, 6.07) is 17.1. The lowest BCUT2D eigenvalue weighted by Crippen LogP contribution is -2.28. The number of aromatic amines is 1. The molecule has 0 saturated heterocycles. The minimum absolute atomic E-state index is 0.0563. The Balaban J connectivity index is 1.73. The van der Waals surface area contributed by atoms with Crippen LogP contribution in [-0.4, -0.2) is 36.1 Å². The third-order valence-corrected chi connectivity index (χ3v) is 6.91. The number of fused-ring (bicyclic) bond motifs is 1. The van der Waals surface area contributed by atoms with E-state index < -0.39 is 11.8 Å². The summed E-state index contributed by atoms with van der Waals surface area (Å²) in [6.45, 7) is 6.28. The van der Waals surface area contributed by atoms with Crippen molar-refractivity contribution in [2.75, 3.05) is 14.2 Å². The molecule has 0 spiro atoms. The Hall–Kier alpha value is -4.69. The molecular weight excluding hydrogens is 557 g/mol. The number of hydrogen-bond acceptors (Lipinski definition) is 5. The molecule has 0 aliphatic carbocycles. The van der Waals surface area contributed by atoms with E-state index in [9.17, 15) is 14.0 Å². The van der Waals surface area contributed by atoms with Crippen LogP contribution < -0.4 is 10.1 Å². The SMILES string of the molecule is C=C(/C(=C\C=C/Cl)c1nc2cc(OC)c(F)cc2[nH]1)c1ccc(C(=O)N[C@H](CCC)c2ccccc2)cc1C(=O)OC. The summed E-state index contributed by atoms with van der Waals surface area (Å²) < 4.78 is 24.5. The first-order valence-corrected chi connectivity index (χ1v) is 13.7. The highest BCUT2D eigenvalue weighted by atomic mass is 35.5. The molecule has 0 fully saturated rings. The van der Waals surface area contributed by atoms with Gasteiger partial charge in [-0.05, 0) is 41.3 Å². The van der Waals surface area contributed by atoms with Crippen LogP contribution in [0.2, 0.25) is 0 Å². The number of rotatable bonds is 11. The highest BCUT2D eigenvalue weighted by Gasteiger charge is 2.23. The number of H-pyrrole nitrogens is 1. The van der Waals surface area contributed by atoms with Crippen LogP contribution in [0.5, 0.6) is 5.75 Å². The number of carbonyl (C=O) groups excluding carboxylic acids is 2. The lowest BCUT2D eigenvalue weighted by molar-refractivity contribution is 0.0600. The molecule has 1 heterocycles. The van der Waals surface area contributed by atoms with Gasteiger partial charge in [0.25, 0.3) is 5.91 Å². The van der Waals surface area contributed by atoms with Gasteiger partial charge in [0.1, 0.15) is 5.82 Å². The molecule has 7 nitrogen and oxygen atoms in total. The van der Waals surface area contributed by atoms with Crippen LogP contribution in [0.25, 0.3) is 22.2 Å². The molecule has 0 unspecified atom stereocenters. The number of carbonyl (C=O) groups is 2. The molecule has 0 saturated carbocycles. The third kappa shape index (κ3) is 6.61. The van der Waals surface area contributed by atoms with Crippen molar-refractivity contribution in [3.8, 4) is 5.75 Å². The van der Waals surface area contributed by atoms with Gasteiger partial charge in [0.05, 0.1) is 36.9 Å². The first-order chi connectivity index (χ1) is 20.3. The van der Waals surface area contributed by atoms with Gasteiger partial charge in [-0.25, -0.2) is 14.2 Å². The summed E-state index contributed by atoms with van der Waals surface area (Å²) >= 11 is 5.82. The second-order valence-corrected chi connectivity index (χ2v) is 9.70. The highest BCUT2D eigenvalue weighted by molar-refractivity contribution is 6.25. The summed E-state index contributed by atoms with van der Waals surface area (Å²) in [5, 5.41) is 3.08. The maximum atomic E-state index is 14.3. The maximum Gasteiger partial charge on any atom is 0.338 e. The van der Waals surface area contributed by atoms with Gasteiger partial charge < -0.3 is 19.8 Å². The minimum atomic E-state index is -0.641. The lowest BCUT2D eigenvalue weighted by atomic mass is 9.92. The zero-order valence-electron chi connectivity index (χ0n) is 23.5. The number of nitrogens with zero attached hydrogens (tertiary/aromatic N) is 1. The molecule has 0 bridgehead atoms. The number of imidazole rings is 1. The van der Waals surface area contributed by atoms with E-state index in [1.54, 1.807) is 24.3 Å². The van der Waals surface area contributed by atoms with E-state index in [2.05, 4.69) is 28.8 Å². The number of allylic oxidation sites excluding steroid dienone is 4. The monoisotopic (exact) mass is 587 g/mol. The first kappa shape index (κ1) is 30.3. The largest absolute Gasteiger partial charge is 0.494 e. The van der Waals surface area contributed by atoms with Crippen molar-refractivity contribution in [2.45, 2.75) is 25.8 Å². The fourth-order valence-corrected chi connectivity index (χ4v) is 4.73. The van der Waals surface area contributed by atoms with E-state index in [0.29, 0.717) is 39.1 Å². The summed E-state index contributed by atoms with van der Waals surface area (Å²) in [6.07, 6.45) is 4.87. The predicted octanol–water partition coefficient (Wildman–Crippen LogP) is 7.62. The molecule has 0 aliphatic heterocycles. The zero-order chi connectivity index (χ0) is 30.2. The summed E-state index contributed by atoms with van der Waals surface area (Å²) in [5.74, 6) is -1.09. The summed E-state index contributed by atoms with van der Waals surface area (Å²) in [5.41, 5.74) is 4.96. The number of esters is 1. The standard InChI is InChI=1S/C33H31ClFN3O4/c1-5-10-27(21-11-7-6-8-12-21)38-32(39)22-14-15-23(25(17-22)33(40)42-4)20(2)24(13-9-16-34)31-36-28-18-26(35)30(41-3)19-29(28)37-31/h6-9,11-19,27H,2,5,10H2,1,3-4H3,(H,36,37)(H,38,39)/b16-9-,24-13+/t27-/m1/s1. The summed E-state index contributed by atoms with van der Waals surface area (Å²) in [7, 11) is 2.64. The van der Waals surface area contributed by atoms with Crippen LogP contribution in [0.1, 0.15) is 63.5 Å². The smallest absolute Gasteiger partial charge is 0.338 e. The molecule has 0 aliphatic rings. The Morgan fingerprint density at radius 2 is 1.88 bits per heavy atom. The van der Waals surface area contributed by atoms with Gasteiger partial charge in [-0.1, -0.05) is 74.0 Å². The predicted molar refractivity (Wildman–Crippen MR) is 164 cm³/mol. The molecule has 216 valence electrons. The van der Waals surface area contributed by atoms with Crippen molar-refractivity contribution in [3.63, 3.8) is 0 Å². The molecule has 42 heavy (non-hydrogen) atoms. The number of benzene rings is 3. The molecular formula is C33H31ClFN3O4. The van der Waals surface area contributed by atoms with Crippen molar-refractivity contribution in [3.05, 3.63) is 119 Å². The Morgan fingerprint density at radius 1 is 1.12 bits per heavy atom. The Kier molecular flexibility index (Phi) is 9.93. The zero-order valence-corrected chi connectivity index (χ0v) is 24.3. The fraction of sp³-hybridized carbons (Fsp3) is 0.182. The molecule has 9 heteroatoms. The Morgan fingerprint density at radius 3 is 2.55 bits per heavy atom. The van der Waals surface area contributed by atoms with Gasteiger partial charge in [-0.2, -0.15) is 0 Å². The number of halogens is 2. The second-order valence-electron chi connectivity index (χ2n) is 9.44. The van der Waals surface area contributed by atoms with Crippen LogP contribution >= 0.6 is 11.6 Å². The molecule has 1 atom stereocenters. The molecule has 1 aromatic heterocycles. The Labute approximate surface area is 248 Å². The van der Waals surface area contributed by atoms with E-state index in [4.69, 9.17) is 21.1 Å². The molecule has 4 rings (SSSR count). The van der Waals surface area contributed by atoms with Gasteiger partial charge >= 0.3 is 5.97 Å². The van der Waals surface area contributed by atoms with Gasteiger partial charge in [-0.3, -0.25) is 4.79 Å². The van der Waals surface area contributed by atoms with Gasteiger partial charge in [0.2, 0.25) is 0 Å². The number of amides is 1. The maximum absolute atomic E-state index is 14.3.